The SMILES string of the molecule is Cc1cc(C)n(-c2ccc(Cl)c(C(=O)Nc3cccc(S(=O)(=O)NC4CC4)c3)n2)n1. The molecule has 1 fully saturated rings. The van der Waals surface area contributed by atoms with E-state index in [1.807, 2.05) is 19.9 Å². The molecule has 0 unspecified atom stereocenters. The number of anilines is 1. The monoisotopic (exact) mass is 445 g/mol. The summed E-state index contributed by atoms with van der Waals surface area (Å²) in [5.74, 6) is -0.0896. The van der Waals surface area contributed by atoms with Crippen LogP contribution in [-0.2, 0) is 10.0 Å². The molecule has 2 N–H and O–H groups in total. The minimum absolute atomic E-state index is 0.00613. The Morgan fingerprint density at radius 3 is 2.60 bits per heavy atom. The molecule has 1 aromatic carbocycles. The van der Waals surface area contributed by atoms with E-state index in [1.165, 1.54) is 12.1 Å². The summed E-state index contributed by atoms with van der Waals surface area (Å²) in [6.45, 7) is 3.75. The Morgan fingerprint density at radius 1 is 1.17 bits per heavy atom. The standard InChI is InChI=1S/C20H20ClN5O3S/c1-12-10-13(2)26(24-12)18-9-8-17(21)19(23-18)20(27)22-15-4-3-5-16(11-15)30(28,29)25-14-6-7-14/h3-5,8-11,14,25H,6-7H2,1-2H3,(H,22,27). The fraction of sp³-hybridized carbons (Fsp3) is 0.250. The molecular weight excluding hydrogens is 426 g/mol. The first kappa shape index (κ1) is 20.5. The van der Waals surface area contributed by atoms with Gasteiger partial charge in [0.1, 0.15) is 5.69 Å². The van der Waals surface area contributed by atoms with Gasteiger partial charge in [0, 0.05) is 17.4 Å². The summed E-state index contributed by atoms with van der Waals surface area (Å²) in [6, 6.07) is 11.2. The minimum atomic E-state index is -3.63. The summed E-state index contributed by atoms with van der Waals surface area (Å²) in [5, 5.41) is 7.22. The maximum Gasteiger partial charge on any atom is 0.275 e. The van der Waals surface area contributed by atoms with Gasteiger partial charge in [0.25, 0.3) is 5.91 Å². The second-order valence-electron chi connectivity index (χ2n) is 7.22. The van der Waals surface area contributed by atoms with E-state index in [4.69, 9.17) is 11.6 Å². The summed E-state index contributed by atoms with van der Waals surface area (Å²) in [5.41, 5.74) is 2.04. The molecule has 0 atom stereocenters. The smallest absolute Gasteiger partial charge is 0.275 e. The summed E-state index contributed by atoms with van der Waals surface area (Å²) < 4.78 is 29.1. The Bertz CT molecular complexity index is 1230. The number of aromatic nitrogens is 3. The third kappa shape index (κ3) is 4.38. The third-order valence-corrected chi connectivity index (χ3v) is 6.40. The number of aryl methyl sites for hydroxylation is 2. The average molecular weight is 446 g/mol. The minimum Gasteiger partial charge on any atom is -0.321 e. The maximum atomic E-state index is 12.8. The molecule has 1 amide bonds. The van der Waals surface area contributed by atoms with Crippen LogP contribution in [0.1, 0.15) is 34.7 Å². The van der Waals surface area contributed by atoms with Crippen LogP contribution in [0.3, 0.4) is 0 Å². The molecule has 30 heavy (non-hydrogen) atoms. The van der Waals surface area contributed by atoms with Crippen LogP contribution in [0.5, 0.6) is 0 Å². The highest BCUT2D eigenvalue weighted by atomic mass is 35.5. The summed E-state index contributed by atoms with van der Waals surface area (Å²) >= 11 is 6.20. The van der Waals surface area contributed by atoms with E-state index in [1.54, 1.807) is 28.9 Å². The molecule has 0 spiro atoms. The number of carbonyl (C=O) groups excluding carboxylic acids is 1. The van der Waals surface area contributed by atoms with Crippen molar-refractivity contribution in [3.8, 4) is 5.82 Å². The van der Waals surface area contributed by atoms with Gasteiger partial charge < -0.3 is 5.32 Å². The maximum absolute atomic E-state index is 12.8. The van der Waals surface area contributed by atoms with Crippen molar-refractivity contribution in [1.29, 1.82) is 0 Å². The van der Waals surface area contributed by atoms with Gasteiger partial charge in [0.2, 0.25) is 10.0 Å². The number of pyridine rings is 1. The van der Waals surface area contributed by atoms with E-state index in [9.17, 15) is 13.2 Å². The molecular formula is C20H20ClN5O3S. The molecule has 0 saturated heterocycles. The van der Waals surface area contributed by atoms with Crippen molar-refractivity contribution in [3.05, 3.63) is 64.6 Å². The van der Waals surface area contributed by atoms with Crippen LogP contribution >= 0.6 is 11.6 Å². The predicted octanol–water partition coefficient (Wildman–Crippen LogP) is 3.23. The van der Waals surface area contributed by atoms with Gasteiger partial charge in [0.05, 0.1) is 15.6 Å². The molecule has 156 valence electrons. The Morgan fingerprint density at radius 2 is 1.93 bits per heavy atom. The van der Waals surface area contributed by atoms with E-state index >= 15 is 0 Å². The van der Waals surface area contributed by atoms with Crippen LogP contribution in [0.25, 0.3) is 5.82 Å². The van der Waals surface area contributed by atoms with Gasteiger partial charge >= 0.3 is 0 Å². The van der Waals surface area contributed by atoms with Crippen molar-refractivity contribution in [3.63, 3.8) is 0 Å². The molecule has 10 heteroatoms. The van der Waals surface area contributed by atoms with Crippen molar-refractivity contribution < 1.29 is 13.2 Å². The van der Waals surface area contributed by atoms with Gasteiger partial charge in [-0.05, 0) is 63.1 Å². The third-order valence-electron chi connectivity index (χ3n) is 4.57. The molecule has 2 aromatic heterocycles. The van der Waals surface area contributed by atoms with Gasteiger partial charge in [-0.15, -0.1) is 0 Å². The van der Waals surface area contributed by atoms with E-state index in [0.29, 0.717) is 11.5 Å². The number of halogens is 1. The van der Waals surface area contributed by atoms with E-state index in [0.717, 1.165) is 24.2 Å². The average Bonchev–Trinajstić information content (AvgIpc) is 3.43. The molecule has 4 rings (SSSR count). The zero-order valence-electron chi connectivity index (χ0n) is 16.4. The van der Waals surface area contributed by atoms with Gasteiger partial charge in [0.15, 0.2) is 5.82 Å². The summed E-state index contributed by atoms with van der Waals surface area (Å²) in [7, 11) is -3.63. The molecule has 0 aliphatic heterocycles. The predicted molar refractivity (Wildman–Crippen MR) is 114 cm³/mol. The van der Waals surface area contributed by atoms with E-state index in [-0.39, 0.29) is 21.7 Å². The molecule has 1 aliphatic rings. The highest BCUT2D eigenvalue weighted by Gasteiger charge is 2.28. The van der Waals surface area contributed by atoms with Crippen molar-refractivity contribution in [2.45, 2.75) is 37.6 Å². The number of sulfonamides is 1. The number of carbonyl (C=O) groups is 1. The lowest BCUT2D eigenvalue weighted by atomic mass is 10.3. The Hall–Kier alpha value is -2.75. The fourth-order valence-corrected chi connectivity index (χ4v) is 4.53. The molecule has 2 heterocycles. The second kappa shape index (κ2) is 7.82. The molecule has 1 saturated carbocycles. The molecule has 0 bridgehead atoms. The van der Waals surface area contributed by atoms with Crippen molar-refractivity contribution in [2.75, 3.05) is 5.32 Å². The van der Waals surface area contributed by atoms with Gasteiger partial charge in [-0.3, -0.25) is 4.79 Å². The lowest BCUT2D eigenvalue weighted by Gasteiger charge is -2.11. The number of nitrogens with one attached hydrogen (secondary N) is 2. The van der Waals surface area contributed by atoms with Crippen LogP contribution < -0.4 is 10.0 Å². The van der Waals surface area contributed by atoms with Crippen molar-refractivity contribution >= 4 is 33.2 Å². The van der Waals surface area contributed by atoms with Crippen LogP contribution in [0.2, 0.25) is 5.02 Å². The number of rotatable bonds is 6. The van der Waals surface area contributed by atoms with E-state index < -0.39 is 15.9 Å². The molecule has 3 aromatic rings. The summed E-state index contributed by atoms with van der Waals surface area (Å²) in [6.07, 6.45) is 1.68. The van der Waals surface area contributed by atoms with E-state index in [2.05, 4.69) is 20.1 Å². The molecule has 1 aliphatic carbocycles. The Balaban J connectivity index is 1.59. The largest absolute Gasteiger partial charge is 0.321 e. The first-order valence-corrected chi connectivity index (χ1v) is 11.2. The van der Waals surface area contributed by atoms with Gasteiger partial charge in [-0.1, -0.05) is 17.7 Å². The zero-order valence-corrected chi connectivity index (χ0v) is 18.0. The number of benzene rings is 1. The van der Waals surface area contributed by atoms with Crippen LogP contribution in [-0.4, -0.2) is 35.1 Å². The molecule has 0 radical (unpaired) electrons. The quantitative estimate of drug-likeness (QED) is 0.605. The lowest BCUT2D eigenvalue weighted by Crippen LogP contribution is -2.25. The number of hydrogen-bond donors (Lipinski definition) is 2. The summed E-state index contributed by atoms with van der Waals surface area (Å²) in [4.78, 5) is 17.2. The Labute approximate surface area is 179 Å². The van der Waals surface area contributed by atoms with Crippen molar-refractivity contribution in [1.82, 2.24) is 19.5 Å². The van der Waals surface area contributed by atoms with Gasteiger partial charge in [-0.25, -0.2) is 22.8 Å². The lowest BCUT2D eigenvalue weighted by molar-refractivity contribution is 0.102. The van der Waals surface area contributed by atoms with Crippen LogP contribution in [0.15, 0.2) is 47.4 Å². The number of nitrogens with zero attached hydrogens (tertiary/aromatic N) is 3. The first-order chi connectivity index (χ1) is 14.2. The van der Waals surface area contributed by atoms with Crippen molar-refractivity contribution in [2.24, 2.45) is 0 Å². The highest BCUT2D eigenvalue weighted by molar-refractivity contribution is 7.89. The fourth-order valence-electron chi connectivity index (χ4n) is 2.99. The number of hydrogen-bond acceptors (Lipinski definition) is 5. The van der Waals surface area contributed by atoms with Crippen LogP contribution in [0, 0.1) is 13.8 Å². The molecule has 8 nitrogen and oxygen atoms in total. The zero-order chi connectivity index (χ0) is 21.5. The number of amides is 1. The highest BCUT2D eigenvalue weighted by Crippen LogP contribution is 2.24. The van der Waals surface area contributed by atoms with Crippen LogP contribution in [0.4, 0.5) is 5.69 Å². The Kier molecular flexibility index (Phi) is 5.35. The topological polar surface area (TPSA) is 106 Å². The first-order valence-electron chi connectivity index (χ1n) is 9.37. The second-order valence-corrected chi connectivity index (χ2v) is 9.34. The van der Waals surface area contributed by atoms with Gasteiger partial charge in [-0.2, -0.15) is 5.10 Å². The normalized spacial score (nSPS) is 14.0.